The minimum Gasteiger partial charge on any atom is -0.494 e. The number of carbonyl (C=O) groups excluding carboxylic acids is 1. The Bertz CT molecular complexity index is 575. The summed E-state index contributed by atoms with van der Waals surface area (Å²) in [6.45, 7) is 1.90. The highest BCUT2D eigenvalue weighted by Crippen LogP contribution is 2.21. The van der Waals surface area contributed by atoms with Crippen LogP contribution in [-0.2, 0) is 6.42 Å². The summed E-state index contributed by atoms with van der Waals surface area (Å²) < 4.78 is 18.3. The van der Waals surface area contributed by atoms with Gasteiger partial charge in [-0.15, -0.1) is 11.3 Å². The molecule has 0 radical (unpaired) electrons. The Kier molecular flexibility index (Phi) is 3.77. The van der Waals surface area contributed by atoms with Crippen molar-refractivity contribution in [2.24, 2.45) is 0 Å². The van der Waals surface area contributed by atoms with E-state index in [1.54, 1.807) is 12.1 Å². The normalized spacial score (nSPS) is 10.4. The molecular formula is C14H13FO2S. The van der Waals surface area contributed by atoms with E-state index < -0.39 is 5.82 Å². The molecular weight excluding hydrogens is 251 g/mol. The zero-order valence-corrected chi connectivity index (χ0v) is 11.0. The molecule has 4 heteroatoms. The minimum atomic E-state index is -0.439. The van der Waals surface area contributed by atoms with Gasteiger partial charge in [-0.1, -0.05) is 6.07 Å². The van der Waals surface area contributed by atoms with Gasteiger partial charge in [-0.25, -0.2) is 4.39 Å². The monoisotopic (exact) mass is 264 g/mol. The van der Waals surface area contributed by atoms with Crippen LogP contribution in [0.5, 0.6) is 5.75 Å². The van der Waals surface area contributed by atoms with E-state index >= 15 is 0 Å². The van der Waals surface area contributed by atoms with E-state index in [1.165, 1.54) is 24.5 Å². The lowest BCUT2D eigenvalue weighted by Crippen LogP contribution is -2.03. The predicted octanol–water partition coefficient (Wildman–Crippen LogP) is 3.63. The third-order valence-corrected chi connectivity index (χ3v) is 3.75. The maximum absolute atomic E-state index is 13.5. The second-order valence-corrected chi connectivity index (χ2v) is 4.92. The van der Waals surface area contributed by atoms with Crippen molar-refractivity contribution >= 4 is 17.1 Å². The Hall–Kier alpha value is -1.68. The molecule has 0 aliphatic heterocycles. The molecule has 0 amide bonds. The van der Waals surface area contributed by atoms with Crippen LogP contribution in [0.25, 0.3) is 0 Å². The van der Waals surface area contributed by atoms with E-state index in [0.29, 0.717) is 5.56 Å². The van der Waals surface area contributed by atoms with Crippen molar-refractivity contribution in [2.75, 3.05) is 7.11 Å². The molecule has 2 aromatic rings. The van der Waals surface area contributed by atoms with E-state index in [9.17, 15) is 9.18 Å². The Labute approximate surface area is 109 Å². The second kappa shape index (κ2) is 5.31. The molecule has 0 N–H and O–H groups in total. The summed E-state index contributed by atoms with van der Waals surface area (Å²) in [5.74, 6) is -0.226. The van der Waals surface area contributed by atoms with Crippen molar-refractivity contribution in [1.82, 2.24) is 0 Å². The van der Waals surface area contributed by atoms with Gasteiger partial charge in [0.1, 0.15) is 0 Å². The average Bonchev–Trinajstić information content (AvgIpc) is 2.76. The van der Waals surface area contributed by atoms with Crippen molar-refractivity contribution in [3.8, 4) is 5.75 Å². The molecule has 0 atom stereocenters. The Morgan fingerprint density at radius 3 is 2.72 bits per heavy atom. The third kappa shape index (κ3) is 2.59. The standard InChI is InChI=1S/C14H13FO2S/c1-9-5-6-18-14(9)12(16)8-10-3-4-13(17-2)11(15)7-10/h3-7H,8H2,1-2H3. The van der Waals surface area contributed by atoms with Crippen LogP contribution in [0.15, 0.2) is 29.6 Å². The van der Waals surface area contributed by atoms with Gasteiger partial charge in [0.25, 0.3) is 0 Å². The van der Waals surface area contributed by atoms with E-state index in [0.717, 1.165) is 10.4 Å². The van der Waals surface area contributed by atoms with Gasteiger partial charge in [-0.3, -0.25) is 4.79 Å². The van der Waals surface area contributed by atoms with Gasteiger partial charge in [0.15, 0.2) is 17.3 Å². The second-order valence-electron chi connectivity index (χ2n) is 4.00. The molecule has 0 aliphatic rings. The van der Waals surface area contributed by atoms with Crippen molar-refractivity contribution in [3.05, 3.63) is 51.5 Å². The number of Topliss-reactive ketones (excluding diaryl/α,β-unsaturated/α-hetero) is 1. The number of thiophene rings is 1. The zero-order chi connectivity index (χ0) is 13.1. The van der Waals surface area contributed by atoms with Crippen LogP contribution < -0.4 is 4.74 Å². The summed E-state index contributed by atoms with van der Waals surface area (Å²) >= 11 is 1.42. The van der Waals surface area contributed by atoms with Crippen LogP contribution in [0.3, 0.4) is 0 Å². The molecule has 1 aromatic carbocycles. The van der Waals surface area contributed by atoms with Gasteiger partial charge in [-0.05, 0) is 41.6 Å². The third-order valence-electron chi connectivity index (χ3n) is 2.70. The molecule has 1 heterocycles. The molecule has 2 rings (SSSR count). The van der Waals surface area contributed by atoms with Gasteiger partial charge >= 0.3 is 0 Å². The number of halogens is 1. The van der Waals surface area contributed by atoms with Gasteiger partial charge in [0.2, 0.25) is 0 Å². The number of hydrogen-bond acceptors (Lipinski definition) is 3. The lowest BCUT2D eigenvalue weighted by molar-refractivity contribution is 0.0996. The van der Waals surface area contributed by atoms with Crippen LogP contribution in [0.2, 0.25) is 0 Å². The van der Waals surface area contributed by atoms with Crippen molar-refractivity contribution in [3.63, 3.8) is 0 Å². The molecule has 0 aliphatic carbocycles. The largest absolute Gasteiger partial charge is 0.494 e. The van der Waals surface area contributed by atoms with Crippen LogP contribution >= 0.6 is 11.3 Å². The minimum absolute atomic E-state index is 0.0204. The highest BCUT2D eigenvalue weighted by molar-refractivity contribution is 7.12. The number of benzene rings is 1. The van der Waals surface area contributed by atoms with Crippen molar-refractivity contribution in [2.45, 2.75) is 13.3 Å². The first-order chi connectivity index (χ1) is 8.61. The number of ketones is 1. The Morgan fingerprint density at radius 2 is 2.17 bits per heavy atom. The number of ether oxygens (including phenoxy) is 1. The van der Waals surface area contributed by atoms with E-state index in [1.807, 2.05) is 18.4 Å². The van der Waals surface area contributed by atoms with Crippen LogP contribution in [0.1, 0.15) is 20.8 Å². The first kappa shape index (κ1) is 12.8. The maximum atomic E-state index is 13.5. The molecule has 0 spiro atoms. The molecule has 0 unspecified atom stereocenters. The maximum Gasteiger partial charge on any atom is 0.177 e. The fourth-order valence-electron chi connectivity index (χ4n) is 1.74. The Balaban J connectivity index is 2.17. The Morgan fingerprint density at radius 1 is 1.39 bits per heavy atom. The van der Waals surface area contributed by atoms with Crippen molar-refractivity contribution in [1.29, 1.82) is 0 Å². The lowest BCUT2D eigenvalue weighted by Gasteiger charge is -2.04. The van der Waals surface area contributed by atoms with Gasteiger partial charge < -0.3 is 4.74 Å². The fourth-order valence-corrected chi connectivity index (χ4v) is 2.61. The quantitative estimate of drug-likeness (QED) is 0.788. The first-order valence-electron chi connectivity index (χ1n) is 5.51. The van der Waals surface area contributed by atoms with Gasteiger partial charge in [0, 0.05) is 6.42 Å². The van der Waals surface area contributed by atoms with Gasteiger partial charge in [0.05, 0.1) is 12.0 Å². The SMILES string of the molecule is COc1ccc(CC(=O)c2sccc2C)cc1F. The summed E-state index contributed by atoms with van der Waals surface area (Å²) in [7, 11) is 1.41. The topological polar surface area (TPSA) is 26.3 Å². The van der Waals surface area contributed by atoms with E-state index in [-0.39, 0.29) is 18.0 Å². The number of carbonyl (C=O) groups is 1. The van der Waals surface area contributed by atoms with Crippen LogP contribution in [0, 0.1) is 12.7 Å². The number of hydrogen-bond donors (Lipinski definition) is 0. The zero-order valence-electron chi connectivity index (χ0n) is 10.2. The summed E-state index contributed by atoms with van der Waals surface area (Å²) in [5.41, 5.74) is 1.63. The van der Waals surface area contributed by atoms with Crippen LogP contribution in [0.4, 0.5) is 4.39 Å². The molecule has 2 nitrogen and oxygen atoms in total. The molecule has 0 saturated heterocycles. The van der Waals surface area contributed by atoms with Gasteiger partial charge in [-0.2, -0.15) is 0 Å². The molecule has 0 saturated carbocycles. The molecule has 94 valence electrons. The highest BCUT2D eigenvalue weighted by Gasteiger charge is 2.12. The first-order valence-corrected chi connectivity index (χ1v) is 6.39. The molecule has 1 aromatic heterocycles. The number of methoxy groups -OCH3 is 1. The summed E-state index contributed by atoms with van der Waals surface area (Å²) in [6, 6.07) is 6.51. The molecule has 0 fully saturated rings. The molecule has 0 bridgehead atoms. The van der Waals surface area contributed by atoms with Crippen LogP contribution in [-0.4, -0.2) is 12.9 Å². The molecule has 18 heavy (non-hydrogen) atoms. The predicted molar refractivity (Wildman–Crippen MR) is 70.0 cm³/mol. The number of aryl methyl sites for hydroxylation is 1. The van der Waals surface area contributed by atoms with Crippen molar-refractivity contribution < 1.29 is 13.9 Å². The summed E-state index contributed by atoms with van der Waals surface area (Å²) in [6.07, 6.45) is 0.211. The van der Waals surface area contributed by atoms with E-state index in [2.05, 4.69) is 0 Å². The fraction of sp³-hybridized carbons (Fsp3) is 0.214. The number of rotatable bonds is 4. The average molecular weight is 264 g/mol. The van der Waals surface area contributed by atoms with E-state index in [4.69, 9.17) is 4.74 Å². The summed E-state index contributed by atoms with van der Waals surface area (Å²) in [4.78, 5) is 12.8. The highest BCUT2D eigenvalue weighted by atomic mass is 32.1. The lowest BCUT2D eigenvalue weighted by atomic mass is 10.1. The summed E-state index contributed by atoms with van der Waals surface area (Å²) in [5, 5.41) is 1.89. The smallest absolute Gasteiger partial charge is 0.177 e.